The van der Waals surface area contributed by atoms with E-state index >= 15 is 0 Å². The van der Waals surface area contributed by atoms with Crippen molar-refractivity contribution in [3.05, 3.63) is 11.8 Å². The number of halogens is 1. The minimum absolute atomic E-state index is 0.0839. The Bertz CT molecular complexity index is 168. The minimum atomic E-state index is -1.26. The molecule has 1 unspecified atom stereocenters. The van der Waals surface area contributed by atoms with E-state index in [4.69, 9.17) is 5.73 Å². The number of hydrogen-bond donors (Lipinski definition) is 1. The molecule has 64 valence electrons. The normalized spacial score (nSPS) is 14.3. The van der Waals surface area contributed by atoms with Gasteiger partial charge < -0.3 is 10.5 Å². The first-order valence-electron chi connectivity index (χ1n) is 3.30. The highest BCUT2D eigenvalue weighted by Gasteiger charge is 2.07. The average Bonchev–Trinajstić information content (AvgIpc) is 2.02. The predicted octanol–water partition coefficient (Wildman–Crippen LogP) is 0.750. The molecule has 0 radical (unpaired) electrons. The van der Waals surface area contributed by atoms with Crippen LogP contribution in [0.5, 0.6) is 0 Å². The molecule has 0 fully saturated rings. The average molecular weight is 161 g/mol. The van der Waals surface area contributed by atoms with Gasteiger partial charge in [-0.3, -0.25) is 0 Å². The summed E-state index contributed by atoms with van der Waals surface area (Å²) in [5, 5.41) is 0. The molecule has 0 heterocycles. The fourth-order valence-electron chi connectivity index (χ4n) is 0.521. The second-order valence-corrected chi connectivity index (χ2v) is 2.04. The summed E-state index contributed by atoms with van der Waals surface area (Å²) in [6.45, 7) is 1.64. The summed E-state index contributed by atoms with van der Waals surface area (Å²) in [6, 6.07) is 0. The summed E-state index contributed by atoms with van der Waals surface area (Å²) in [7, 11) is 1.21. The number of ether oxygens (including phenoxy) is 1. The van der Waals surface area contributed by atoms with Gasteiger partial charge in [0.05, 0.1) is 12.8 Å². The van der Waals surface area contributed by atoms with E-state index in [0.29, 0.717) is 0 Å². The van der Waals surface area contributed by atoms with Gasteiger partial charge in [-0.25, -0.2) is 9.18 Å². The molecule has 11 heavy (non-hydrogen) atoms. The van der Waals surface area contributed by atoms with Crippen LogP contribution in [-0.4, -0.2) is 19.3 Å². The van der Waals surface area contributed by atoms with Crippen molar-refractivity contribution in [3.8, 4) is 0 Å². The Balaban J connectivity index is 4.09. The van der Waals surface area contributed by atoms with Gasteiger partial charge >= 0.3 is 5.97 Å². The third-order valence-corrected chi connectivity index (χ3v) is 1.21. The summed E-state index contributed by atoms with van der Waals surface area (Å²) in [5.74, 6) is -0.626. The van der Waals surface area contributed by atoms with Gasteiger partial charge in [-0.05, 0) is 6.42 Å². The third-order valence-electron chi connectivity index (χ3n) is 1.21. The van der Waals surface area contributed by atoms with E-state index in [-0.39, 0.29) is 12.1 Å². The van der Waals surface area contributed by atoms with Crippen molar-refractivity contribution in [3.63, 3.8) is 0 Å². The van der Waals surface area contributed by atoms with Gasteiger partial charge in [0.15, 0.2) is 0 Å². The van der Waals surface area contributed by atoms with E-state index in [2.05, 4.69) is 4.74 Å². The molecule has 0 bridgehead atoms. The van der Waals surface area contributed by atoms with Crippen LogP contribution in [0, 0.1) is 0 Å². The third kappa shape index (κ3) is 3.60. The SMILES string of the molecule is CCC(F)C(N)=CC(=O)OC. The summed E-state index contributed by atoms with van der Waals surface area (Å²) < 4.78 is 16.9. The number of hydrogen-bond acceptors (Lipinski definition) is 3. The maximum atomic E-state index is 12.6. The molecule has 0 aromatic carbocycles. The van der Waals surface area contributed by atoms with Gasteiger partial charge in [0.25, 0.3) is 0 Å². The molecule has 0 aliphatic heterocycles. The zero-order valence-corrected chi connectivity index (χ0v) is 6.63. The van der Waals surface area contributed by atoms with Crippen LogP contribution in [0.15, 0.2) is 11.8 Å². The topological polar surface area (TPSA) is 52.3 Å². The van der Waals surface area contributed by atoms with Crippen LogP contribution in [-0.2, 0) is 9.53 Å². The maximum absolute atomic E-state index is 12.6. The standard InChI is InChI=1S/C7H12FNO2/c1-3-5(8)6(9)4-7(10)11-2/h4-5H,3,9H2,1-2H3. The molecule has 0 aromatic heterocycles. The Morgan fingerprint density at radius 2 is 2.36 bits per heavy atom. The molecule has 0 saturated carbocycles. The molecule has 0 rings (SSSR count). The van der Waals surface area contributed by atoms with Crippen molar-refractivity contribution in [2.45, 2.75) is 19.5 Å². The molecule has 3 nitrogen and oxygen atoms in total. The highest BCUT2D eigenvalue weighted by atomic mass is 19.1. The lowest BCUT2D eigenvalue weighted by atomic mass is 10.2. The first-order valence-corrected chi connectivity index (χ1v) is 3.30. The highest BCUT2D eigenvalue weighted by molar-refractivity contribution is 5.82. The molecule has 0 amide bonds. The lowest BCUT2D eigenvalue weighted by Crippen LogP contribution is -2.14. The van der Waals surface area contributed by atoms with Crippen LogP contribution < -0.4 is 5.73 Å². The van der Waals surface area contributed by atoms with E-state index in [1.807, 2.05) is 0 Å². The Labute approximate surface area is 65.0 Å². The number of alkyl halides is 1. The second kappa shape index (κ2) is 4.71. The predicted molar refractivity (Wildman–Crippen MR) is 39.5 cm³/mol. The monoisotopic (exact) mass is 161 g/mol. The van der Waals surface area contributed by atoms with Crippen LogP contribution in [0.25, 0.3) is 0 Å². The lowest BCUT2D eigenvalue weighted by Gasteiger charge is -2.03. The van der Waals surface area contributed by atoms with Gasteiger partial charge in [0.1, 0.15) is 6.17 Å². The van der Waals surface area contributed by atoms with Gasteiger partial charge in [0.2, 0.25) is 0 Å². The molecule has 2 N–H and O–H groups in total. The van der Waals surface area contributed by atoms with Crippen molar-refractivity contribution in [2.75, 3.05) is 7.11 Å². The number of esters is 1. The van der Waals surface area contributed by atoms with E-state index in [9.17, 15) is 9.18 Å². The summed E-state index contributed by atoms with van der Waals surface area (Å²) in [6.07, 6.45) is -0.0397. The van der Waals surface area contributed by atoms with E-state index < -0.39 is 12.1 Å². The van der Waals surface area contributed by atoms with Crippen molar-refractivity contribution < 1.29 is 13.9 Å². The molecular formula is C7H12FNO2. The fraction of sp³-hybridized carbons (Fsp3) is 0.571. The van der Waals surface area contributed by atoms with E-state index in [1.165, 1.54) is 7.11 Å². The smallest absolute Gasteiger partial charge is 0.332 e. The summed E-state index contributed by atoms with van der Waals surface area (Å²) in [4.78, 5) is 10.5. The van der Waals surface area contributed by atoms with Crippen LogP contribution in [0.2, 0.25) is 0 Å². The van der Waals surface area contributed by atoms with Crippen LogP contribution >= 0.6 is 0 Å². The Morgan fingerprint density at radius 3 is 2.73 bits per heavy atom. The Kier molecular flexibility index (Phi) is 4.26. The molecule has 0 aromatic rings. The molecule has 1 atom stereocenters. The number of nitrogens with two attached hydrogens (primary N) is 1. The molecule has 0 saturated heterocycles. The molecule has 0 spiro atoms. The van der Waals surface area contributed by atoms with Gasteiger partial charge in [-0.1, -0.05) is 6.92 Å². The lowest BCUT2D eigenvalue weighted by molar-refractivity contribution is -0.134. The molecule has 4 heteroatoms. The minimum Gasteiger partial charge on any atom is -0.466 e. The van der Waals surface area contributed by atoms with Gasteiger partial charge in [0, 0.05) is 6.08 Å². The Morgan fingerprint density at radius 1 is 1.82 bits per heavy atom. The van der Waals surface area contributed by atoms with Crippen LogP contribution in [0.3, 0.4) is 0 Å². The zero-order chi connectivity index (χ0) is 8.85. The molecule has 0 aliphatic carbocycles. The fourth-order valence-corrected chi connectivity index (χ4v) is 0.521. The van der Waals surface area contributed by atoms with E-state index in [0.717, 1.165) is 6.08 Å². The number of allylic oxidation sites excluding steroid dienone is 1. The van der Waals surface area contributed by atoms with Gasteiger partial charge in [-0.15, -0.1) is 0 Å². The summed E-state index contributed by atoms with van der Waals surface area (Å²) in [5.41, 5.74) is 5.11. The Hall–Kier alpha value is -1.06. The maximum Gasteiger partial charge on any atom is 0.332 e. The molecular weight excluding hydrogens is 149 g/mol. The molecule has 0 aliphatic rings. The second-order valence-electron chi connectivity index (χ2n) is 2.04. The number of carbonyl (C=O) groups excluding carboxylic acids is 1. The van der Waals surface area contributed by atoms with Crippen molar-refractivity contribution >= 4 is 5.97 Å². The first kappa shape index (κ1) is 9.94. The largest absolute Gasteiger partial charge is 0.466 e. The van der Waals surface area contributed by atoms with E-state index in [1.54, 1.807) is 6.92 Å². The van der Waals surface area contributed by atoms with Crippen molar-refractivity contribution in [1.82, 2.24) is 0 Å². The number of methoxy groups -OCH3 is 1. The van der Waals surface area contributed by atoms with Crippen molar-refractivity contribution in [2.24, 2.45) is 5.73 Å². The highest BCUT2D eigenvalue weighted by Crippen LogP contribution is 2.04. The van der Waals surface area contributed by atoms with Crippen LogP contribution in [0.1, 0.15) is 13.3 Å². The number of carbonyl (C=O) groups is 1. The summed E-state index contributed by atoms with van der Waals surface area (Å²) >= 11 is 0. The van der Waals surface area contributed by atoms with Gasteiger partial charge in [-0.2, -0.15) is 0 Å². The first-order chi connectivity index (χ1) is 5.11. The van der Waals surface area contributed by atoms with Crippen LogP contribution in [0.4, 0.5) is 4.39 Å². The zero-order valence-electron chi connectivity index (χ0n) is 6.63. The van der Waals surface area contributed by atoms with Crippen molar-refractivity contribution in [1.29, 1.82) is 0 Å². The number of rotatable bonds is 3. The quantitative estimate of drug-likeness (QED) is 0.491.